The Morgan fingerprint density at radius 2 is 2.04 bits per heavy atom. The Balaban J connectivity index is 2.03. The van der Waals surface area contributed by atoms with Crippen LogP contribution in [-0.2, 0) is 9.53 Å². The Kier molecular flexibility index (Phi) is 6.63. The van der Waals surface area contributed by atoms with E-state index in [0.29, 0.717) is 11.3 Å². The fourth-order valence-corrected chi connectivity index (χ4v) is 2.87. The summed E-state index contributed by atoms with van der Waals surface area (Å²) >= 11 is 7.44. The van der Waals surface area contributed by atoms with Gasteiger partial charge in [-0.3, -0.25) is 4.79 Å². The normalized spacial score (nSPS) is 11.6. The fourth-order valence-electron chi connectivity index (χ4n) is 1.91. The van der Waals surface area contributed by atoms with E-state index in [1.165, 1.54) is 13.1 Å². The maximum absolute atomic E-state index is 12.3. The molecular weight excluding hydrogens is 348 g/mol. The molecule has 1 atom stereocenters. The van der Waals surface area contributed by atoms with Gasteiger partial charge in [0.2, 0.25) is 0 Å². The maximum atomic E-state index is 12.3. The predicted octanol–water partition coefficient (Wildman–Crippen LogP) is 4.03. The Bertz CT molecular complexity index is 739. The number of aromatic nitrogens is 1. The topological polar surface area (TPSA) is 68.3 Å². The van der Waals surface area contributed by atoms with Crippen LogP contribution >= 0.6 is 23.4 Å². The number of carbonyl (C=O) groups excluding carboxylic acids is 2. The third-order valence-corrected chi connectivity index (χ3v) is 4.33. The molecular formula is C17H17ClN2O3S. The third kappa shape index (κ3) is 4.72. The Hall–Kier alpha value is -2.05. The van der Waals surface area contributed by atoms with Crippen molar-refractivity contribution in [2.75, 3.05) is 11.1 Å². The van der Waals surface area contributed by atoms with E-state index >= 15 is 0 Å². The van der Waals surface area contributed by atoms with E-state index in [4.69, 9.17) is 16.3 Å². The number of rotatable bonds is 6. The van der Waals surface area contributed by atoms with Crippen LogP contribution in [0.5, 0.6) is 0 Å². The molecule has 24 heavy (non-hydrogen) atoms. The summed E-state index contributed by atoms with van der Waals surface area (Å²) in [5.74, 6) is -0.176. The van der Waals surface area contributed by atoms with Gasteiger partial charge in [-0.25, -0.2) is 9.78 Å². The quantitative estimate of drug-likeness (QED) is 0.476. The van der Waals surface area contributed by atoms with Gasteiger partial charge in [0.05, 0.1) is 11.3 Å². The number of carbonyl (C=O) groups is 2. The van der Waals surface area contributed by atoms with Crippen molar-refractivity contribution in [1.29, 1.82) is 0 Å². The largest absolute Gasteiger partial charge is 0.449 e. The molecule has 0 saturated carbocycles. The third-order valence-electron chi connectivity index (χ3n) is 3.08. The van der Waals surface area contributed by atoms with Crippen LogP contribution in [0.1, 0.15) is 24.2 Å². The predicted molar refractivity (Wildman–Crippen MR) is 95.6 cm³/mol. The highest BCUT2D eigenvalue weighted by Gasteiger charge is 2.21. The number of nitrogens with one attached hydrogen (secondary N) is 1. The molecule has 2 aromatic rings. The number of thioether (sulfide) groups is 1. The van der Waals surface area contributed by atoms with Gasteiger partial charge in [0, 0.05) is 11.1 Å². The molecule has 0 fully saturated rings. The van der Waals surface area contributed by atoms with E-state index in [2.05, 4.69) is 10.3 Å². The van der Waals surface area contributed by atoms with Gasteiger partial charge in [-0.15, -0.1) is 11.8 Å². The number of hydrogen-bond acceptors (Lipinski definition) is 5. The van der Waals surface area contributed by atoms with Crippen LogP contribution in [0.3, 0.4) is 0 Å². The molecule has 5 nitrogen and oxygen atoms in total. The summed E-state index contributed by atoms with van der Waals surface area (Å²) < 4.78 is 5.27. The zero-order valence-corrected chi connectivity index (χ0v) is 14.9. The molecule has 1 N–H and O–H groups in total. The van der Waals surface area contributed by atoms with E-state index in [1.54, 1.807) is 36.0 Å². The minimum absolute atomic E-state index is 0.175. The highest BCUT2D eigenvalue weighted by atomic mass is 35.5. The first-order valence-corrected chi connectivity index (χ1v) is 8.73. The molecule has 0 saturated heterocycles. The zero-order valence-electron chi connectivity index (χ0n) is 13.3. The second-order valence-electron chi connectivity index (χ2n) is 4.81. The van der Waals surface area contributed by atoms with Crippen LogP contribution in [0.2, 0.25) is 5.15 Å². The number of halogens is 1. The van der Waals surface area contributed by atoms with E-state index in [-0.39, 0.29) is 5.15 Å². The molecule has 0 spiro atoms. The van der Waals surface area contributed by atoms with Crippen molar-refractivity contribution in [3.05, 3.63) is 53.3 Å². The number of hydrogen-bond donors (Lipinski definition) is 1. The summed E-state index contributed by atoms with van der Waals surface area (Å²) in [5.41, 5.74) is 0.817. The molecule has 0 radical (unpaired) electrons. The van der Waals surface area contributed by atoms with Gasteiger partial charge in [0.15, 0.2) is 11.3 Å². The molecule has 1 heterocycles. The van der Waals surface area contributed by atoms with Gasteiger partial charge < -0.3 is 10.1 Å². The summed E-state index contributed by atoms with van der Waals surface area (Å²) in [4.78, 5) is 29.2. The summed E-state index contributed by atoms with van der Waals surface area (Å²) in [7, 11) is 0. The average Bonchev–Trinajstić information content (AvgIpc) is 2.57. The molecule has 0 aliphatic heterocycles. The summed E-state index contributed by atoms with van der Waals surface area (Å²) in [6, 6.07) is 10.4. The van der Waals surface area contributed by atoms with Crippen molar-refractivity contribution in [2.24, 2.45) is 0 Å². The maximum Gasteiger partial charge on any atom is 0.340 e. The molecule has 1 aromatic carbocycles. The number of esters is 1. The minimum Gasteiger partial charge on any atom is -0.449 e. The second kappa shape index (κ2) is 8.70. The van der Waals surface area contributed by atoms with Crippen molar-refractivity contribution in [2.45, 2.75) is 24.8 Å². The molecule has 0 bridgehead atoms. The van der Waals surface area contributed by atoms with Crippen LogP contribution < -0.4 is 5.32 Å². The Labute approximate surface area is 149 Å². The number of amides is 1. The summed E-state index contributed by atoms with van der Waals surface area (Å²) in [6.07, 6.45) is 0.553. The first-order chi connectivity index (χ1) is 11.5. The fraction of sp³-hybridized carbons (Fsp3) is 0.235. The van der Waals surface area contributed by atoms with Crippen molar-refractivity contribution >= 4 is 40.9 Å². The molecule has 126 valence electrons. The van der Waals surface area contributed by atoms with Crippen molar-refractivity contribution in [1.82, 2.24) is 4.98 Å². The van der Waals surface area contributed by atoms with Crippen LogP contribution in [0.25, 0.3) is 0 Å². The minimum atomic E-state index is -0.964. The second-order valence-corrected chi connectivity index (χ2v) is 6.47. The highest BCUT2D eigenvalue weighted by molar-refractivity contribution is 7.99. The van der Waals surface area contributed by atoms with E-state index in [0.717, 1.165) is 10.6 Å². The number of anilines is 1. The van der Waals surface area contributed by atoms with Gasteiger partial charge in [-0.2, -0.15) is 0 Å². The molecule has 1 amide bonds. The Morgan fingerprint density at radius 1 is 1.29 bits per heavy atom. The van der Waals surface area contributed by atoms with E-state index < -0.39 is 18.0 Å². The standard InChI is InChI=1S/C17H17ClN2O3S/c1-3-24-14-9-5-4-7-12(14)17(22)23-11(2)16(21)20-13-8-6-10-19-15(13)18/h4-11H,3H2,1-2H3,(H,20,21)/t11-/m1/s1. The lowest BCUT2D eigenvalue weighted by Crippen LogP contribution is -2.30. The van der Waals surface area contributed by atoms with Crippen molar-refractivity contribution in [3.8, 4) is 0 Å². The average molecular weight is 365 g/mol. The number of benzene rings is 1. The lowest BCUT2D eigenvalue weighted by Gasteiger charge is -2.15. The molecule has 2 rings (SSSR count). The molecule has 7 heteroatoms. The summed E-state index contributed by atoms with van der Waals surface area (Å²) in [5, 5.41) is 2.77. The lowest BCUT2D eigenvalue weighted by molar-refractivity contribution is -0.123. The monoisotopic (exact) mass is 364 g/mol. The van der Waals surface area contributed by atoms with Gasteiger partial charge in [-0.1, -0.05) is 30.7 Å². The first kappa shape index (κ1) is 18.3. The molecule has 0 aliphatic rings. The first-order valence-electron chi connectivity index (χ1n) is 7.37. The van der Waals surface area contributed by atoms with Crippen LogP contribution in [-0.4, -0.2) is 28.7 Å². The van der Waals surface area contributed by atoms with Gasteiger partial charge in [-0.05, 0) is 36.9 Å². The highest BCUT2D eigenvalue weighted by Crippen LogP contribution is 2.23. The van der Waals surface area contributed by atoms with Crippen LogP contribution in [0.15, 0.2) is 47.5 Å². The van der Waals surface area contributed by atoms with E-state index in [9.17, 15) is 9.59 Å². The Morgan fingerprint density at radius 3 is 2.75 bits per heavy atom. The smallest absolute Gasteiger partial charge is 0.340 e. The van der Waals surface area contributed by atoms with Crippen LogP contribution in [0.4, 0.5) is 5.69 Å². The number of pyridine rings is 1. The van der Waals surface area contributed by atoms with E-state index in [1.807, 2.05) is 19.1 Å². The van der Waals surface area contributed by atoms with Crippen molar-refractivity contribution in [3.63, 3.8) is 0 Å². The van der Waals surface area contributed by atoms with Crippen molar-refractivity contribution < 1.29 is 14.3 Å². The lowest BCUT2D eigenvalue weighted by atomic mass is 10.2. The zero-order chi connectivity index (χ0) is 17.5. The van der Waals surface area contributed by atoms with Crippen LogP contribution in [0, 0.1) is 0 Å². The summed E-state index contributed by atoms with van der Waals surface area (Å²) in [6.45, 7) is 3.51. The molecule has 1 aromatic heterocycles. The number of ether oxygens (including phenoxy) is 1. The number of nitrogens with zero attached hydrogens (tertiary/aromatic N) is 1. The molecule has 0 unspecified atom stereocenters. The molecule has 0 aliphatic carbocycles. The van der Waals surface area contributed by atoms with Gasteiger partial charge >= 0.3 is 5.97 Å². The SMILES string of the molecule is CCSc1ccccc1C(=O)O[C@H](C)C(=O)Nc1cccnc1Cl. The van der Waals surface area contributed by atoms with Gasteiger partial charge in [0.1, 0.15) is 0 Å². The van der Waals surface area contributed by atoms with Gasteiger partial charge in [0.25, 0.3) is 5.91 Å².